The molecule has 0 aliphatic carbocycles. The van der Waals surface area contributed by atoms with Crippen molar-refractivity contribution in [2.75, 3.05) is 13.2 Å². The van der Waals surface area contributed by atoms with E-state index in [0.29, 0.717) is 6.42 Å². The van der Waals surface area contributed by atoms with E-state index >= 15 is 0 Å². The second-order valence-electron chi connectivity index (χ2n) is 11.1. The third-order valence-corrected chi connectivity index (χ3v) is 6.26. The average molecular weight is 531 g/mol. The van der Waals surface area contributed by atoms with Crippen molar-refractivity contribution in [3.05, 3.63) is 0 Å². The maximum Gasteiger partial charge on any atom is 0.508 e. The van der Waals surface area contributed by atoms with Crippen molar-refractivity contribution in [1.82, 2.24) is 0 Å². The number of ether oxygens (including phenoxy) is 5. The van der Waals surface area contributed by atoms with Gasteiger partial charge in [-0.15, -0.1) is 0 Å². The minimum atomic E-state index is -2.09. The van der Waals surface area contributed by atoms with Gasteiger partial charge in [0.1, 0.15) is 12.2 Å². The van der Waals surface area contributed by atoms with Gasteiger partial charge >= 0.3 is 18.3 Å². The van der Waals surface area contributed by atoms with Gasteiger partial charge in [-0.05, 0) is 34.1 Å². The van der Waals surface area contributed by atoms with E-state index < -0.39 is 48.3 Å². The van der Waals surface area contributed by atoms with Crippen LogP contribution in [0, 0.1) is 0 Å². The van der Waals surface area contributed by atoms with Crippen molar-refractivity contribution in [2.24, 2.45) is 0 Å². The Kier molecular flexibility index (Phi) is 15.6. The van der Waals surface area contributed by atoms with E-state index in [1.54, 1.807) is 20.8 Å². The van der Waals surface area contributed by atoms with Crippen LogP contribution < -0.4 is 0 Å². The van der Waals surface area contributed by atoms with Gasteiger partial charge in [-0.1, -0.05) is 90.4 Å². The molecular weight excluding hydrogens is 480 g/mol. The molecule has 3 atom stereocenters. The number of cyclic esters (lactones) is 1. The minimum Gasteiger partial charge on any atom is -0.452 e. The summed E-state index contributed by atoms with van der Waals surface area (Å²) in [7, 11) is 0. The molecule has 1 aliphatic heterocycles. The highest BCUT2D eigenvalue weighted by molar-refractivity contribution is 5.83. The van der Waals surface area contributed by atoms with Crippen LogP contribution in [-0.4, -0.2) is 60.0 Å². The molecule has 0 bridgehead atoms. The topological polar surface area (TPSA) is 118 Å². The first-order valence-electron chi connectivity index (χ1n) is 14.1. The van der Waals surface area contributed by atoms with E-state index in [4.69, 9.17) is 23.7 Å². The number of rotatable bonds is 18. The standard InChI is InChI=1S/C28H50O9/c1-6-7-8-9-10-11-12-13-14-15-16-17-18-19-20-33-25(30)36-23-22(35-24(29)28(23,5)32)21-34-26(31)37-27(2,3)4/h22-23,32H,6-21H2,1-5H3/t22-,23-,28+/m1/s1. The first-order valence-corrected chi connectivity index (χ1v) is 14.1. The molecule has 0 saturated carbocycles. The summed E-state index contributed by atoms with van der Waals surface area (Å²) in [6, 6.07) is 0. The predicted octanol–water partition coefficient (Wildman–Crippen LogP) is 6.62. The van der Waals surface area contributed by atoms with Crippen molar-refractivity contribution < 1.29 is 43.2 Å². The molecule has 1 heterocycles. The highest BCUT2D eigenvalue weighted by Crippen LogP contribution is 2.29. The number of carbonyl (C=O) groups excluding carboxylic acids is 3. The van der Waals surface area contributed by atoms with Crippen molar-refractivity contribution >= 4 is 18.3 Å². The molecule has 0 unspecified atom stereocenters. The molecule has 37 heavy (non-hydrogen) atoms. The van der Waals surface area contributed by atoms with E-state index in [0.717, 1.165) is 12.8 Å². The Balaban J connectivity index is 2.17. The lowest BCUT2D eigenvalue weighted by molar-refractivity contribution is -0.155. The lowest BCUT2D eigenvalue weighted by atomic mass is 9.98. The molecule has 1 fully saturated rings. The summed E-state index contributed by atoms with van der Waals surface area (Å²) in [5, 5.41) is 10.4. The summed E-state index contributed by atoms with van der Waals surface area (Å²) >= 11 is 0. The SMILES string of the molecule is CCCCCCCCCCCCCCCCOC(=O)O[C@@H]1[C@@H](COC(=O)OC(C)(C)C)OC(=O)[C@@]1(C)O. The fraction of sp³-hybridized carbons (Fsp3) is 0.893. The van der Waals surface area contributed by atoms with Gasteiger partial charge < -0.3 is 28.8 Å². The van der Waals surface area contributed by atoms with E-state index in [2.05, 4.69) is 6.92 Å². The molecule has 0 aromatic carbocycles. The van der Waals surface area contributed by atoms with Gasteiger partial charge in [0, 0.05) is 0 Å². The highest BCUT2D eigenvalue weighted by atomic mass is 16.8. The fourth-order valence-electron chi connectivity index (χ4n) is 4.13. The molecule has 0 aromatic heterocycles. The molecule has 0 aromatic rings. The number of hydrogen-bond acceptors (Lipinski definition) is 9. The number of unbranched alkanes of at least 4 members (excludes halogenated alkanes) is 13. The van der Waals surface area contributed by atoms with Crippen LogP contribution in [0.25, 0.3) is 0 Å². The van der Waals surface area contributed by atoms with E-state index in [1.807, 2.05) is 0 Å². The van der Waals surface area contributed by atoms with Crippen LogP contribution in [0.1, 0.15) is 125 Å². The van der Waals surface area contributed by atoms with Crippen molar-refractivity contribution in [3.8, 4) is 0 Å². The molecule has 0 amide bonds. The number of hydrogen-bond donors (Lipinski definition) is 1. The molecule has 9 heteroatoms. The summed E-state index contributed by atoms with van der Waals surface area (Å²) in [6.07, 6.45) is 12.6. The highest BCUT2D eigenvalue weighted by Gasteiger charge is 2.57. The predicted molar refractivity (Wildman–Crippen MR) is 139 cm³/mol. The van der Waals surface area contributed by atoms with E-state index in [9.17, 15) is 19.5 Å². The summed E-state index contributed by atoms with van der Waals surface area (Å²) in [6.45, 7) is 8.19. The molecule has 0 radical (unpaired) electrons. The normalized spacial score (nSPS) is 21.4. The smallest absolute Gasteiger partial charge is 0.452 e. The van der Waals surface area contributed by atoms with Gasteiger partial charge in [-0.25, -0.2) is 14.4 Å². The second kappa shape index (κ2) is 17.5. The lowest BCUT2D eigenvalue weighted by Gasteiger charge is -2.24. The Morgan fingerprint density at radius 2 is 1.32 bits per heavy atom. The van der Waals surface area contributed by atoms with Crippen LogP contribution in [0.2, 0.25) is 0 Å². The zero-order chi connectivity index (χ0) is 27.7. The maximum atomic E-state index is 12.1. The van der Waals surface area contributed by atoms with Gasteiger partial charge in [0.2, 0.25) is 0 Å². The van der Waals surface area contributed by atoms with Crippen LogP contribution in [0.4, 0.5) is 9.59 Å². The first-order chi connectivity index (χ1) is 17.5. The van der Waals surface area contributed by atoms with Crippen LogP contribution in [0.15, 0.2) is 0 Å². The summed E-state index contributed by atoms with van der Waals surface area (Å²) < 4.78 is 25.3. The van der Waals surface area contributed by atoms with Crippen molar-refractivity contribution in [2.45, 2.75) is 148 Å². The van der Waals surface area contributed by atoms with Gasteiger partial charge in [0.25, 0.3) is 0 Å². The zero-order valence-corrected chi connectivity index (χ0v) is 23.7. The minimum absolute atomic E-state index is 0.180. The van der Waals surface area contributed by atoms with E-state index in [-0.39, 0.29) is 6.61 Å². The van der Waals surface area contributed by atoms with Crippen molar-refractivity contribution in [1.29, 1.82) is 0 Å². The first kappa shape index (κ1) is 33.0. The Morgan fingerprint density at radius 1 is 0.838 bits per heavy atom. The van der Waals surface area contributed by atoms with E-state index in [1.165, 1.54) is 77.6 Å². The zero-order valence-electron chi connectivity index (χ0n) is 23.7. The lowest BCUT2D eigenvalue weighted by Crippen LogP contribution is -2.47. The monoisotopic (exact) mass is 530 g/mol. The number of aliphatic hydroxyl groups is 1. The van der Waals surface area contributed by atoms with Crippen LogP contribution in [0.5, 0.6) is 0 Å². The maximum absolute atomic E-state index is 12.1. The molecule has 1 saturated heterocycles. The summed E-state index contributed by atoms with van der Waals surface area (Å²) in [5.74, 6) is -0.977. The Morgan fingerprint density at radius 3 is 1.81 bits per heavy atom. The second-order valence-corrected chi connectivity index (χ2v) is 11.1. The molecule has 0 spiro atoms. The Labute approximate surface area is 222 Å². The van der Waals surface area contributed by atoms with Gasteiger partial charge in [0.05, 0.1) is 6.61 Å². The molecule has 1 aliphatic rings. The Bertz CT molecular complexity index is 669. The third kappa shape index (κ3) is 14.5. The number of esters is 1. The number of carbonyl (C=O) groups is 3. The summed E-state index contributed by atoms with van der Waals surface area (Å²) in [5.41, 5.74) is -2.85. The fourth-order valence-corrected chi connectivity index (χ4v) is 4.13. The van der Waals surface area contributed by atoms with Gasteiger partial charge in [0.15, 0.2) is 17.8 Å². The van der Waals surface area contributed by atoms with Crippen LogP contribution >= 0.6 is 0 Å². The largest absolute Gasteiger partial charge is 0.508 e. The third-order valence-electron chi connectivity index (χ3n) is 6.26. The molecular formula is C28H50O9. The molecule has 216 valence electrons. The van der Waals surface area contributed by atoms with Crippen LogP contribution in [0.3, 0.4) is 0 Å². The van der Waals surface area contributed by atoms with Gasteiger partial charge in [-0.2, -0.15) is 0 Å². The molecule has 9 nitrogen and oxygen atoms in total. The Hall–Kier alpha value is -2.03. The average Bonchev–Trinajstić information content (AvgIpc) is 3.02. The van der Waals surface area contributed by atoms with Crippen molar-refractivity contribution in [3.63, 3.8) is 0 Å². The van der Waals surface area contributed by atoms with Crippen LogP contribution in [-0.2, 0) is 28.5 Å². The molecule has 1 N–H and O–H groups in total. The quantitative estimate of drug-likeness (QED) is 0.118. The molecule has 1 rings (SSSR count). The van der Waals surface area contributed by atoms with Gasteiger partial charge in [-0.3, -0.25) is 0 Å². The summed E-state index contributed by atoms with van der Waals surface area (Å²) in [4.78, 5) is 35.9.